The number of nitrogens with one attached hydrogen (secondary N) is 2. The molecule has 0 atom stereocenters. The minimum Gasteiger partial charge on any atom is -0.372 e. The summed E-state index contributed by atoms with van der Waals surface area (Å²) in [7, 11) is 4.20. The van der Waals surface area contributed by atoms with E-state index < -0.39 is 0 Å². The summed E-state index contributed by atoms with van der Waals surface area (Å²) < 4.78 is 0. The average molecular weight is 1440 g/mol. The monoisotopic (exact) mass is 1440 g/mol. The van der Waals surface area contributed by atoms with Gasteiger partial charge in [0.25, 0.3) is 0 Å². The first-order valence-corrected chi connectivity index (χ1v) is 38.9. The van der Waals surface area contributed by atoms with Crippen LogP contribution in [0.1, 0.15) is 112 Å². The number of rotatable bonds is 20. The van der Waals surface area contributed by atoms with Crippen LogP contribution in [-0.4, -0.2) is 70.9 Å². The third-order valence-corrected chi connectivity index (χ3v) is 18.2. The van der Waals surface area contributed by atoms with E-state index in [0.717, 1.165) is 57.2 Å². The minimum absolute atomic E-state index is 0.440. The van der Waals surface area contributed by atoms with E-state index in [1.54, 1.807) is 0 Å². The van der Waals surface area contributed by atoms with E-state index in [4.69, 9.17) is 0 Å². The Bertz CT molecular complexity index is 4050. The fraction of sp³-hybridized carbons (Fsp3) is 0.280. The molecule has 0 aromatic heterocycles. The fourth-order valence-electron chi connectivity index (χ4n) is 11.2. The van der Waals surface area contributed by atoms with Crippen LogP contribution in [0.2, 0.25) is 0 Å². The van der Waals surface area contributed by atoms with Gasteiger partial charge in [0.1, 0.15) is 0 Å². The quantitative estimate of drug-likeness (QED) is 0.0783. The zero-order valence-corrected chi connectivity index (χ0v) is 69.2. The van der Waals surface area contributed by atoms with Crippen molar-refractivity contribution in [1.29, 1.82) is 0 Å². The molecule has 108 heavy (non-hydrogen) atoms. The molecule has 12 aromatic rings. The SMILES string of the molecule is CCN(C)CC.CCN(CC)c1ccccc1.CCN(c1ccccc1)c1ccc(C)cc1.CCNCC.Cc1ccc(N(C)c2ccc(C)cc2)cc1.Cc1ccc(N(c2ccc(C)cc2)C(C)C)cc1.Cc1ccc(N(c2ccccc2)c2ccc(C)cc2)cc1.Cc1ccc(Nc2ccc(C)cc2)cc1. The molecule has 12 rings (SSSR count). The Labute approximate surface area is 654 Å². The molecule has 0 fully saturated rings. The van der Waals surface area contributed by atoms with Gasteiger partial charge in [-0.05, 0) is 276 Å². The maximum atomic E-state index is 3.36. The molecular weight excluding hydrogens is 1310 g/mol. The van der Waals surface area contributed by atoms with Crippen LogP contribution in [0.15, 0.2) is 309 Å². The second-order valence-corrected chi connectivity index (χ2v) is 27.4. The van der Waals surface area contributed by atoms with Crippen LogP contribution >= 0.6 is 0 Å². The normalized spacial score (nSPS) is 10.1. The summed E-state index contributed by atoms with van der Waals surface area (Å²) in [6.07, 6.45) is 0. The zero-order chi connectivity index (χ0) is 78.6. The molecule has 0 saturated heterocycles. The molecule has 0 radical (unpaired) electrons. The first-order valence-electron chi connectivity index (χ1n) is 38.9. The van der Waals surface area contributed by atoms with Crippen LogP contribution < -0.4 is 35.1 Å². The molecule has 0 saturated carbocycles. The molecular formula is C100H128N8. The van der Waals surface area contributed by atoms with Crippen LogP contribution in [0.25, 0.3) is 0 Å². The van der Waals surface area contributed by atoms with Gasteiger partial charge in [-0.25, -0.2) is 0 Å². The van der Waals surface area contributed by atoms with Gasteiger partial charge < -0.3 is 40.0 Å². The second-order valence-electron chi connectivity index (χ2n) is 27.4. The predicted molar refractivity (Wildman–Crippen MR) is 480 cm³/mol. The Balaban J connectivity index is 0.000000227. The van der Waals surface area contributed by atoms with Gasteiger partial charge in [-0.15, -0.1) is 0 Å². The highest BCUT2D eigenvalue weighted by Gasteiger charge is 2.14. The predicted octanol–water partition coefficient (Wildman–Crippen LogP) is 27.0. The molecule has 8 heteroatoms. The van der Waals surface area contributed by atoms with E-state index in [0.29, 0.717) is 6.04 Å². The van der Waals surface area contributed by atoms with Crippen LogP contribution in [0.4, 0.5) is 68.2 Å². The molecule has 0 amide bonds. The summed E-state index contributed by atoms with van der Waals surface area (Å²) >= 11 is 0. The molecule has 0 unspecified atom stereocenters. The summed E-state index contributed by atoms with van der Waals surface area (Å²) in [4.78, 5) is 13.7. The van der Waals surface area contributed by atoms with Crippen molar-refractivity contribution in [3.8, 4) is 0 Å². The lowest BCUT2D eigenvalue weighted by atomic mass is 10.1. The highest BCUT2D eigenvalue weighted by Crippen LogP contribution is 2.35. The van der Waals surface area contributed by atoms with E-state index in [-0.39, 0.29) is 0 Å². The van der Waals surface area contributed by atoms with E-state index in [2.05, 4.69) is 470 Å². The van der Waals surface area contributed by atoms with Crippen molar-refractivity contribution in [2.24, 2.45) is 0 Å². The van der Waals surface area contributed by atoms with Gasteiger partial charge >= 0.3 is 0 Å². The smallest absolute Gasteiger partial charge is 0.0461 e. The van der Waals surface area contributed by atoms with Gasteiger partial charge in [0.05, 0.1) is 0 Å². The van der Waals surface area contributed by atoms with Crippen molar-refractivity contribution in [3.63, 3.8) is 0 Å². The molecule has 8 nitrogen and oxygen atoms in total. The van der Waals surface area contributed by atoms with Crippen LogP contribution in [0.3, 0.4) is 0 Å². The molecule has 0 heterocycles. The molecule has 0 aliphatic carbocycles. The Hall–Kier alpha value is -10.6. The maximum absolute atomic E-state index is 3.36. The summed E-state index contributed by atoms with van der Waals surface area (Å²) in [5.41, 5.74) is 26.1. The van der Waals surface area contributed by atoms with Gasteiger partial charge in [-0.2, -0.15) is 0 Å². The van der Waals surface area contributed by atoms with Crippen molar-refractivity contribution in [3.05, 3.63) is 359 Å². The Morgan fingerprint density at radius 1 is 0.250 bits per heavy atom. The number of hydrogen-bond acceptors (Lipinski definition) is 8. The maximum Gasteiger partial charge on any atom is 0.0461 e. The van der Waals surface area contributed by atoms with Gasteiger partial charge in [-0.3, -0.25) is 0 Å². The topological polar surface area (TPSA) is 43.5 Å². The number of nitrogens with zero attached hydrogens (tertiary/aromatic N) is 6. The molecule has 0 spiro atoms. The van der Waals surface area contributed by atoms with Crippen molar-refractivity contribution >= 4 is 68.2 Å². The number of benzene rings is 12. The van der Waals surface area contributed by atoms with Crippen molar-refractivity contribution in [2.75, 3.05) is 89.7 Å². The summed E-state index contributed by atoms with van der Waals surface area (Å²) in [5.74, 6) is 0. The molecule has 2 N–H and O–H groups in total. The third kappa shape index (κ3) is 31.8. The zero-order valence-electron chi connectivity index (χ0n) is 69.2. The highest BCUT2D eigenvalue weighted by atomic mass is 15.2. The fourth-order valence-corrected chi connectivity index (χ4v) is 11.2. The first kappa shape index (κ1) is 88.0. The van der Waals surface area contributed by atoms with E-state index >= 15 is 0 Å². The largest absolute Gasteiger partial charge is 0.372 e. The van der Waals surface area contributed by atoms with Crippen LogP contribution in [-0.2, 0) is 0 Å². The van der Waals surface area contributed by atoms with E-state index in [1.165, 1.54) is 107 Å². The summed E-state index contributed by atoms with van der Waals surface area (Å²) in [6.45, 7) is 46.1. The first-order chi connectivity index (χ1) is 52.1. The van der Waals surface area contributed by atoms with Crippen molar-refractivity contribution in [1.82, 2.24) is 10.2 Å². The number of aryl methyl sites for hydroxylation is 9. The number of hydrogen-bond donors (Lipinski definition) is 2. The Kier molecular flexibility index (Phi) is 40.1. The minimum atomic E-state index is 0.440. The van der Waals surface area contributed by atoms with Gasteiger partial charge in [0.15, 0.2) is 0 Å². The molecule has 568 valence electrons. The van der Waals surface area contributed by atoms with Gasteiger partial charge in [-0.1, -0.05) is 242 Å². The van der Waals surface area contributed by atoms with Gasteiger partial charge in [0, 0.05) is 101 Å². The third-order valence-electron chi connectivity index (χ3n) is 18.2. The van der Waals surface area contributed by atoms with E-state index in [1.807, 2.05) is 18.2 Å². The molecule has 0 bridgehead atoms. The lowest BCUT2D eigenvalue weighted by molar-refractivity contribution is 0.373. The lowest BCUT2D eigenvalue weighted by Gasteiger charge is -2.29. The summed E-state index contributed by atoms with van der Waals surface area (Å²) in [6, 6.07) is 109. The number of para-hydroxylation sites is 3. The molecule has 0 aliphatic rings. The van der Waals surface area contributed by atoms with Gasteiger partial charge in [0.2, 0.25) is 0 Å². The second kappa shape index (κ2) is 49.3. The van der Waals surface area contributed by atoms with Crippen LogP contribution in [0.5, 0.6) is 0 Å². The van der Waals surface area contributed by atoms with E-state index in [9.17, 15) is 0 Å². The Morgan fingerprint density at radius 2 is 0.491 bits per heavy atom. The number of anilines is 12. The molecule has 12 aromatic carbocycles. The highest BCUT2D eigenvalue weighted by molar-refractivity contribution is 5.77. The van der Waals surface area contributed by atoms with Crippen molar-refractivity contribution in [2.45, 2.75) is 131 Å². The standard InChI is InChI=1S/C20H19N.C17H21N.2C15H17N.C14H15N.C10H15N.C5H13N.C4H11N/c1-16-8-12-19(13-9-16)21(18-6-4-3-5-7-18)20-14-10-17(2)11-15-20;1-13(2)18(16-9-5-14(3)6-10-16)17-11-7-15(4)8-12-17;1-12-4-8-14(9-5-12)16(3)15-10-6-13(2)7-11-15;1-3-16(14-7-5-4-6-8-14)15-11-9-13(2)10-12-15;1-11-3-7-13(8-4-11)15-14-9-5-12(2)6-10-14;1-3-11(4-2)10-8-6-5-7-9-10;1-4-6(3)5-2;1-3-5-4-2/h3-15H,1-2H3;5-13H,1-4H3;4-11H,1-3H3;4-12H,3H2,1-2H3;3-10,15H,1-2H3;5-9H,3-4H2,1-2H3;4-5H2,1-3H3;5H,3-4H2,1-2H3. The lowest BCUT2D eigenvalue weighted by Crippen LogP contribution is -2.25. The average Bonchev–Trinajstić information content (AvgIpc) is 0.820. The summed E-state index contributed by atoms with van der Waals surface area (Å²) in [5, 5.41) is 6.47. The van der Waals surface area contributed by atoms with Crippen molar-refractivity contribution < 1.29 is 0 Å². The Morgan fingerprint density at radius 3 is 0.741 bits per heavy atom. The van der Waals surface area contributed by atoms with Crippen LogP contribution in [0, 0.1) is 62.3 Å². The molecule has 0 aliphatic heterocycles.